The highest BCUT2D eigenvalue weighted by atomic mass is 32.1. The summed E-state index contributed by atoms with van der Waals surface area (Å²) in [4.78, 5) is 4.76. The first kappa shape index (κ1) is 16.1. The SMILES string of the molecule is CCCNC(COCC)Cc1nc(-c2ccccc2)cs1. The third kappa shape index (κ3) is 5.23. The van der Waals surface area contributed by atoms with E-state index in [2.05, 4.69) is 41.9 Å². The van der Waals surface area contributed by atoms with Crippen molar-refractivity contribution < 1.29 is 4.74 Å². The first-order chi connectivity index (χ1) is 10.3. The summed E-state index contributed by atoms with van der Waals surface area (Å²) >= 11 is 1.73. The summed E-state index contributed by atoms with van der Waals surface area (Å²) in [5.41, 5.74) is 2.25. The molecule has 0 amide bonds. The van der Waals surface area contributed by atoms with Gasteiger partial charge in [0.1, 0.15) is 0 Å². The molecule has 21 heavy (non-hydrogen) atoms. The monoisotopic (exact) mass is 304 g/mol. The molecule has 0 saturated carbocycles. The van der Waals surface area contributed by atoms with Gasteiger partial charge in [0.2, 0.25) is 0 Å². The van der Waals surface area contributed by atoms with E-state index in [4.69, 9.17) is 9.72 Å². The molecule has 0 aliphatic rings. The van der Waals surface area contributed by atoms with Crippen LogP contribution in [0.2, 0.25) is 0 Å². The van der Waals surface area contributed by atoms with Crippen LogP contribution >= 0.6 is 11.3 Å². The predicted molar refractivity (Wildman–Crippen MR) is 89.8 cm³/mol. The summed E-state index contributed by atoms with van der Waals surface area (Å²) in [6, 6.07) is 10.7. The molecule has 3 nitrogen and oxygen atoms in total. The van der Waals surface area contributed by atoms with Gasteiger partial charge in [0.05, 0.1) is 17.3 Å². The van der Waals surface area contributed by atoms with Gasteiger partial charge in [0, 0.05) is 30.0 Å². The number of nitrogens with zero attached hydrogens (tertiary/aromatic N) is 1. The largest absolute Gasteiger partial charge is 0.380 e. The number of hydrogen-bond donors (Lipinski definition) is 1. The minimum absolute atomic E-state index is 0.347. The van der Waals surface area contributed by atoms with E-state index in [0.717, 1.165) is 38.3 Å². The fourth-order valence-corrected chi connectivity index (χ4v) is 3.04. The Morgan fingerprint density at radius 1 is 1.24 bits per heavy atom. The van der Waals surface area contributed by atoms with Crippen LogP contribution in [0, 0.1) is 0 Å². The maximum atomic E-state index is 5.57. The van der Waals surface area contributed by atoms with E-state index in [0.29, 0.717) is 6.04 Å². The second kappa shape index (κ2) is 8.93. The van der Waals surface area contributed by atoms with Crippen molar-refractivity contribution in [1.29, 1.82) is 0 Å². The lowest BCUT2D eigenvalue weighted by atomic mass is 10.2. The van der Waals surface area contributed by atoms with Gasteiger partial charge in [-0.05, 0) is 19.9 Å². The Balaban J connectivity index is 1.98. The van der Waals surface area contributed by atoms with Crippen molar-refractivity contribution in [2.75, 3.05) is 19.8 Å². The zero-order valence-corrected chi connectivity index (χ0v) is 13.7. The quantitative estimate of drug-likeness (QED) is 0.766. The van der Waals surface area contributed by atoms with Crippen LogP contribution in [-0.2, 0) is 11.2 Å². The summed E-state index contributed by atoms with van der Waals surface area (Å²) in [5, 5.41) is 6.85. The summed E-state index contributed by atoms with van der Waals surface area (Å²) in [5.74, 6) is 0. The Bertz CT molecular complexity index is 505. The van der Waals surface area contributed by atoms with Gasteiger partial charge in [0.15, 0.2) is 0 Å². The van der Waals surface area contributed by atoms with Crippen molar-refractivity contribution in [2.45, 2.75) is 32.7 Å². The molecule has 2 rings (SSSR count). The molecule has 0 bridgehead atoms. The Kier molecular flexibility index (Phi) is 6.86. The molecular weight excluding hydrogens is 280 g/mol. The Morgan fingerprint density at radius 3 is 2.76 bits per heavy atom. The highest BCUT2D eigenvalue weighted by Crippen LogP contribution is 2.22. The van der Waals surface area contributed by atoms with Crippen LogP contribution in [0.25, 0.3) is 11.3 Å². The van der Waals surface area contributed by atoms with Gasteiger partial charge in [-0.25, -0.2) is 4.98 Å². The summed E-state index contributed by atoms with van der Waals surface area (Å²) < 4.78 is 5.57. The number of aromatic nitrogens is 1. The zero-order chi connectivity index (χ0) is 14.9. The number of nitrogens with one attached hydrogen (secondary N) is 1. The first-order valence-corrected chi connectivity index (χ1v) is 8.52. The van der Waals surface area contributed by atoms with Gasteiger partial charge in [0.25, 0.3) is 0 Å². The fraction of sp³-hybridized carbons (Fsp3) is 0.471. The van der Waals surface area contributed by atoms with E-state index in [1.165, 1.54) is 10.6 Å². The number of benzene rings is 1. The Hall–Kier alpha value is -1.23. The third-order valence-electron chi connectivity index (χ3n) is 3.25. The number of hydrogen-bond acceptors (Lipinski definition) is 4. The van der Waals surface area contributed by atoms with Crippen LogP contribution in [-0.4, -0.2) is 30.8 Å². The van der Waals surface area contributed by atoms with Crippen molar-refractivity contribution >= 4 is 11.3 Å². The van der Waals surface area contributed by atoms with Crippen molar-refractivity contribution in [3.63, 3.8) is 0 Å². The van der Waals surface area contributed by atoms with Crippen LogP contribution < -0.4 is 5.32 Å². The molecule has 0 saturated heterocycles. The lowest BCUT2D eigenvalue weighted by molar-refractivity contribution is 0.122. The highest BCUT2D eigenvalue weighted by molar-refractivity contribution is 7.09. The molecule has 0 fully saturated rings. The van der Waals surface area contributed by atoms with Gasteiger partial charge in [-0.1, -0.05) is 37.3 Å². The number of thiazole rings is 1. The van der Waals surface area contributed by atoms with E-state index in [1.807, 2.05) is 13.0 Å². The minimum atomic E-state index is 0.347. The molecule has 0 aliphatic heterocycles. The molecule has 1 aromatic heterocycles. The second-order valence-corrected chi connectivity index (χ2v) is 5.95. The average Bonchev–Trinajstić information content (AvgIpc) is 2.99. The standard InChI is InChI=1S/C17H24N2OS/c1-3-10-18-15(12-20-4-2)11-17-19-16(13-21-17)14-8-6-5-7-9-14/h5-9,13,15,18H,3-4,10-12H2,1-2H3. The van der Waals surface area contributed by atoms with Gasteiger partial charge >= 0.3 is 0 Å². The molecule has 1 atom stereocenters. The molecule has 1 aromatic carbocycles. The average molecular weight is 304 g/mol. The summed E-state index contributed by atoms with van der Waals surface area (Å²) in [7, 11) is 0. The van der Waals surface area contributed by atoms with E-state index in [1.54, 1.807) is 11.3 Å². The normalized spacial score (nSPS) is 12.5. The second-order valence-electron chi connectivity index (χ2n) is 5.01. The van der Waals surface area contributed by atoms with Gasteiger partial charge in [-0.2, -0.15) is 0 Å². The molecule has 1 N–H and O–H groups in total. The molecule has 1 unspecified atom stereocenters. The van der Waals surface area contributed by atoms with Crippen molar-refractivity contribution in [3.8, 4) is 11.3 Å². The zero-order valence-electron chi connectivity index (χ0n) is 12.8. The minimum Gasteiger partial charge on any atom is -0.380 e. The van der Waals surface area contributed by atoms with E-state index < -0.39 is 0 Å². The summed E-state index contributed by atoms with van der Waals surface area (Å²) in [6.07, 6.45) is 2.06. The Morgan fingerprint density at radius 2 is 2.05 bits per heavy atom. The van der Waals surface area contributed by atoms with Gasteiger partial charge in [-0.15, -0.1) is 11.3 Å². The van der Waals surface area contributed by atoms with Gasteiger partial charge in [-0.3, -0.25) is 0 Å². The molecule has 0 radical (unpaired) electrons. The fourth-order valence-electron chi connectivity index (χ4n) is 2.16. The van der Waals surface area contributed by atoms with Crippen LogP contribution in [0.5, 0.6) is 0 Å². The third-order valence-corrected chi connectivity index (χ3v) is 4.12. The Labute approximate surface area is 131 Å². The smallest absolute Gasteiger partial charge is 0.0949 e. The van der Waals surface area contributed by atoms with Crippen LogP contribution in [0.4, 0.5) is 0 Å². The maximum Gasteiger partial charge on any atom is 0.0949 e. The van der Waals surface area contributed by atoms with E-state index >= 15 is 0 Å². The predicted octanol–water partition coefficient (Wildman–Crippen LogP) is 3.76. The van der Waals surface area contributed by atoms with E-state index in [9.17, 15) is 0 Å². The molecule has 0 spiro atoms. The van der Waals surface area contributed by atoms with Crippen LogP contribution in [0.1, 0.15) is 25.3 Å². The van der Waals surface area contributed by atoms with Crippen LogP contribution in [0.15, 0.2) is 35.7 Å². The first-order valence-electron chi connectivity index (χ1n) is 7.64. The number of ether oxygens (including phenoxy) is 1. The number of rotatable bonds is 9. The molecule has 1 heterocycles. The van der Waals surface area contributed by atoms with Gasteiger partial charge < -0.3 is 10.1 Å². The maximum absolute atomic E-state index is 5.57. The molecule has 4 heteroatoms. The highest BCUT2D eigenvalue weighted by Gasteiger charge is 2.12. The van der Waals surface area contributed by atoms with Crippen molar-refractivity contribution in [2.24, 2.45) is 0 Å². The molecular formula is C17H24N2OS. The van der Waals surface area contributed by atoms with E-state index in [-0.39, 0.29) is 0 Å². The lowest BCUT2D eigenvalue weighted by Gasteiger charge is -2.16. The van der Waals surface area contributed by atoms with Crippen molar-refractivity contribution in [1.82, 2.24) is 10.3 Å². The van der Waals surface area contributed by atoms with Crippen molar-refractivity contribution in [3.05, 3.63) is 40.7 Å². The molecule has 2 aromatic rings. The molecule has 114 valence electrons. The topological polar surface area (TPSA) is 34.1 Å². The summed E-state index contributed by atoms with van der Waals surface area (Å²) in [6.45, 7) is 6.75. The van der Waals surface area contributed by atoms with Crippen LogP contribution in [0.3, 0.4) is 0 Å². The molecule has 0 aliphatic carbocycles. The lowest BCUT2D eigenvalue weighted by Crippen LogP contribution is -2.36.